The Kier molecular flexibility index (Phi) is 5.23. The maximum atomic E-state index is 11.1. The molecular formula is C7H14N4O3. The van der Waals surface area contributed by atoms with Gasteiger partial charge in [0.05, 0.1) is 13.0 Å². The zero-order chi connectivity index (χ0) is 11.1. The highest BCUT2D eigenvalue weighted by Crippen LogP contribution is 1.91. The molecule has 1 atom stereocenters. The molecule has 0 aliphatic carbocycles. The van der Waals surface area contributed by atoms with E-state index in [0.717, 1.165) is 0 Å². The van der Waals surface area contributed by atoms with Crippen molar-refractivity contribution in [3.63, 3.8) is 0 Å². The molecule has 7 heteroatoms. The van der Waals surface area contributed by atoms with Crippen LogP contribution in [0.5, 0.6) is 0 Å². The zero-order valence-corrected chi connectivity index (χ0v) is 7.87. The summed E-state index contributed by atoms with van der Waals surface area (Å²) >= 11 is 0. The first-order valence-electron chi connectivity index (χ1n) is 4.00. The fourth-order valence-electron chi connectivity index (χ4n) is 0.838. The van der Waals surface area contributed by atoms with Gasteiger partial charge in [-0.2, -0.15) is 0 Å². The molecule has 0 rings (SSSR count). The lowest BCUT2D eigenvalue weighted by molar-refractivity contribution is -0.130. The highest BCUT2D eigenvalue weighted by Gasteiger charge is 2.20. The second kappa shape index (κ2) is 5.92. The standard InChI is InChI=1S/C7H14N4O3/c1-10-7(14)4(2-5(9)12)11-6(13)3-8/h4H,2-3,8H2,1H3,(H2,9,12)(H,10,14)(H,11,13). The van der Waals surface area contributed by atoms with Crippen LogP contribution in [0.3, 0.4) is 0 Å². The molecule has 0 fully saturated rings. The summed E-state index contributed by atoms with van der Waals surface area (Å²) in [5.41, 5.74) is 9.93. The number of hydrogen-bond donors (Lipinski definition) is 4. The number of nitrogens with two attached hydrogens (primary N) is 2. The van der Waals surface area contributed by atoms with E-state index in [1.54, 1.807) is 0 Å². The molecule has 0 saturated heterocycles. The molecule has 0 aliphatic rings. The summed E-state index contributed by atoms with van der Waals surface area (Å²) in [6.07, 6.45) is -0.245. The van der Waals surface area contributed by atoms with Crippen molar-refractivity contribution in [1.82, 2.24) is 10.6 Å². The van der Waals surface area contributed by atoms with Crippen LogP contribution >= 0.6 is 0 Å². The first-order chi connectivity index (χ1) is 6.51. The third-order valence-electron chi connectivity index (χ3n) is 1.49. The van der Waals surface area contributed by atoms with Gasteiger partial charge in [-0.15, -0.1) is 0 Å². The van der Waals surface area contributed by atoms with E-state index in [1.165, 1.54) is 7.05 Å². The fraction of sp³-hybridized carbons (Fsp3) is 0.571. The molecule has 80 valence electrons. The predicted octanol–water partition coefficient (Wildman–Crippen LogP) is -2.95. The van der Waals surface area contributed by atoms with Gasteiger partial charge in [-0.25, -0.2) is 0 Å². The molecule has 0 spiro atoms. The lowest BCUT2D eigenvalue weighted by Crippen LogP contribution is -2.49. The summed E-state index contributed by atoms with van der Waals surface area (Å²) in [6.45, 7) is -0.244. The van der Waals surface area contributed by atoms with Crippen molar-refractivity contribution in [3.05, 3.63) is 0 Å². The zero-order valence-electron chi connectivity index (χ0n) is 7.87. The topological polar surface area (TPSA) is 127 Å². The first kappa shape index (κ1) is 12.4. The first-order valence-corrected chi connectivity index (χ1v) is 4.00. The molecule has 0 radical (unpaired) electrons. The van der Waals surface area contributed by atoms with Crippen LogP contribution < -0.4 is 22.1 Å². The van der Waals surface area contributed by atoms with Gasteiger partial charge in [0.2, 0.25) is 17.7 Å². The van der Waals surface area contributed by atoms with Crippen molar-refractivity contribution in [2.24, 2.45) is 11.5 Å². The van der Waals surface area contributed by atoms with Crippen molar-refractivity contribution in [2.75, 3.05) is 13.6 Å². The SMILES string of the molecule is CNC(=O)C(CC(N)=O)NC(=O)CN. The second-order valence-electron chi connectivity index (χ2n) is 2.61. The van der Waals surface area contributed by atoms with Crippen LogP contribution in [0.2, 0.25) is 0 Å². The van der Waals surface area contributed by atoms with Gasteiger partial charge in [0, 0.05) is 7.05 Å². The van der Waals surface area contributed by atoms with Crippen LogP contribution in [0.15, 0.2) is 0 Å². The van der Waals surface area contributed by atoms with Crippen LogP contribution in [-0.4, -0.2) is 37.4 Å². The van der Waals surface area contributed by atoms with Crippen molar-refractivity contribution in [3.8, 4) is 0 Å². The molecule has 0 aliphatic heterocycles. The fourth-order valence-corrected chi connectivity index (χ4v) is 0.838. The van der Waals surface area contributed by atoms with Gasteiger partial charge in [0.1, 0.15) is 6.04 Å². The van der Waals surface area contributed by atoms with Gasteiger partial charge >= 0.3 is 0 Å². The Balaban J connectivity index is 4.31. The minimum absolute atomic E-state index is 0.244. The van der Waals surface area contributed by atoms with Gasteiger partial charge in [0.15, 0.2) is 0 Å². The molecular weight excluding hydrogens is 188 g/mol. The van der Waals surface area contributed by atoms with E-state index < -0.39 is 23.8 Å². The highest BCUT2D eigenvalue weighted by molar-refractivity contribution is 5.91. The van der Waals surface area contributed by atoms with Crippen LogP contribution in [-0.2, 0) is 14.4 Å². The van der Waals surface area contributed by atoms with Crippen molar-refractivity contribution in [1.29, 1.82) is 0 Å². The lowest BCUT2D eigenvalue weighted by atomic mass is 10.2. The molecule has 0 saturated carbocycles. The Morgan fingerprint density at radius 1 is 1.36 bits per heavy atom. The van der Waals surface area contributed by atoms with Gasteiger partial charge in [-0.3, -0.25) is 14.4 Å². The van der Waals surface area contributed by atoms with E-state index in [9.17, 15) is 14.4 Å². The summed E-state index contributed by atoms with van der Waals surface area (Å²) in [5.74, 6) is -1.67. The van der Waals surface area contributed by atoms with E-state index in [-0.39, 0.29) is 13.0 Å². The Bertz CT molecular complexity index is 241. The quantitative estimate of drug-likeness (QED) is 0.380. The average molecular weight is 202 g/mol. The minimum atomic E-state index is -0.950. The Morgan fingerprint density at radius 3 is 2.29 bits per heavy atom. The van der Waals surface area contributed by atoms with Gasteiger partial charge in [-0.05, 0) is 0 Å². The largest absolute Gasteiger partial charge is 0.370 e. The van der Waals surface area contributed by atoms with E-state index in [2.05, 4.69) is 10.6 Å². The summed E-state index contributed by atoms with van der Waals surface area (Å²) in [7, 11) is 1.39. The number of hydrogen-bond acceptors (Lipinski definition) is 4. The Morgan fingerprint density at radius 2 is 1.93 bits per heavy atom. The molecule has 0 aromatic heterocycles. The Hall–Kier alpha value is -1.63. The summed E-state index contributed by atoms with van der Waals surface area (Å²) in [4.78, 5) is 32.5. The second-order valence-corrected chi connectivity index (χ2v) is 2.61. The highest BCUT2D eigenvalue weighted by atomic mass is 16.2. The maximum Gasteiger partial charge on any atom is 0.242 e. The molecule has 6 N–H and O–H groups in total. The van der Waals surface area contributed by atoms with E-state index in [0.29, 0.717) is 0 Å². The Labute approximate surface area is 81.2 Å². The number of rotatable bonds is 5. The predicted molar refractivity (Wildman–Crippen MR) is 48.9 cm³/mol. The maximum absolute atomic E-state index is 11.1. The van der Waals surface area contributed by atoms with Crippen molar-refractivity contribution < 1.29 is 14.4 Å². The monoisotopic (exact) mass is 202 g/mol. The minimum Gasteiger partial charge on any atom is -0.370 e. The summed E-state index contributed by atoms with van der Waals surface area (Å²) in [6, 6.07) is -0.950. The third kappa shape index (κ3) is 4.41. The van der Waals surface area contributed by atoms with E-state index in [1.807, 2.05) is 0 Å². The normalized spacial score (nSPS) is 11.6. The summed E-state index contributed by atoms with van der Waals surface area (Å²) in [5, 5.41) is 4.57. The van der Waals surface area contributed by atoms with Crippen LogP contribution in [0.4, 0.5) is 0 Å². The van der Waals surface area contributed by atoms with Gasteiger partial charge in [-0.1, -0.05) is 0 Å². The van der Waals surface area contributed by atoms with E-state index in [4.69, 9.17) is 11.5 Å². The number of nitrogens with one attached hydrogen (secondary N) is 2. The molecule has 0 aromatic carbocycles. The number of primary amides is 1. The number of likely N-dealkylation sites (N-methyl/N-ethyl adjacent to an activating group) is 1. The number of amides is 3. The number of carbonyl (C=O) groups excluding carboxylic acids is 3. The lowest BCUT2D eigenvalue weighted by Gasteiger charge is -2.14. The van der Waals surface area contributed by atoms with Crippen LogP contribution in [0.1, 0.15) is 6.42 Å². The number of carbonyl (C=O) groups is 3. The molecule has 1 unspecified atom stereocenters. The van der Waals surface area contributed by atoms with Crippen molar-refractivity contribution in [2.45, 2.75) is 12.5 Å². The average Bonchev–Trinajstić information content (AvgIpc) is 2.14. The van der Waals surface area contributed by atoms with Crippen LogP contribution in [0, 0.1) is 0 Å². The van der Waals surface area contributed by atoms with Gasteiger partial charge < -0.3 is 22.1 Å². The smallest absolute Gasteiger partial charge is 0.242 e. The van der Waals surface area contributed by atoms with Crippen LogP contribution in [0.25, 0.3) is 0 Å². The third-order valence-corrected chi connectivity index (χ3v) is 1.49. The molecule has 7 nitrogen and oxygen atoms in total. The summed E-state index contributed by atoms with van der Waals surface area (Å²) < 4.78 is 0. The molecule has 3 amide bonds. The van der Waals surface area contributed by atoms with E-state index >= 15 is 0 Å². The molecule has 0 bridgehead atoms. The molecule has 14 heavy (non-hydrogen) atoms. The van der Waals surface area contributed by atoms with Crippen molar-refractivity contribution >= 4 is 17.7 Å². The molecule has 0 heterocycles. The van der Waals surface area contributed by atoms with Gasteiger partial charge in [0.25, 0.3) is 0 Å². The molecule has 0 aromatic rings.